The van der Waals surface area contributed by atoms with Crippen molar-refractivity contribution < 1.29 is 14.3 Å². The zero-order valence-corrected chi connectivity index (χ0v) is 13.4. The molecule has 2 heterocycles. The number of hydrogen-bond donors (Lipinski definition) is 1. The number of carboxylic acid groups (broad SMARTS) is 1. The third-order valence-electron chi connectivity index (χ3n) is 4.19. The van der Waals surface area contributed by atoms with Crippen molar-refractivity contribution in [2.45, 2.75) is 26.8 Å². The summed E-state index contributed by atoms with van der Waals surface area (Å²) in [7, 11) is 0. The van der Waals surface area contributed by atoms with Gasteiger partial charge in [0.25, 0.3) is 0 Å². The first-order valence-corrected chi connectivity index (χ1v) is 7.75. The van der Waals surface area contributed by atoms with E-state index in [0.29, 0.717) is 29.9 Å². The van der Waals surface area contributed by atoms with Crippen LogP contribution in [0.1, 0.15) is 29.9 Å². The fraction of sp³-hybridized carbons (Fsp3) is 0.222. The van der Waals surface area contributed by atoms with Gasteiger partial charge in [0.15, 0.2) is 0 Å². The molecule has 0 aliphatic rings. The van der Waals surface area contributed by atoms with Crippen LogP contribution in [0.4, 0.5) is 4.39 Å². The average Bonchev–Trinajstić information content (AvgIpc) is 3.08. The average molecular weight is 328 g/mol. The first-order valence-electron chi connectivity index (χ1n) is 7.75. The summed E-state index contributed by atoms with van der Waals surface area (Å²) in [5.41, 5.74) is 0.387. The highest BCUT2D eigenvalue weighted by atomic mass is 19.1. The number of nitrogens with zero attached hydrogens (tertiary/aromatic N) is 2. The van der Waals surface area contributed by atoms with Crippen molar-refractivity contribution in [2.75, 3.05) is 0 Å². The van der Waals surface area contributed by atoms with Crippen LogP contribution in [0, 0.1) is 5.82 Å². The predicted octanol–water partition coefficient (Wildman–Crippen LogP) is 3.21. The Hall–Kier alpha value is -2.89. The van der Waals surface area contributed by atoms with E-state index < -0.39 is 17.2 Å². The second-order valence-electron chi connectivity index (χ2n) is 5.46. The third-order valence-corrected chi connectivity index (χ3v) is 4.19. The molecule has 0 saturated carbocycles. The lowest BCUT2D eigenvalue weighted by Crippen LogP contribution is -2.24. The molecule has 0 aliphatic heterocycles. The van der Waals surface area contributed by atoms with Crippen LogP contribution in [0.15, 0.2) is 41.5 Å². The summed E-state index contributed by atoms with van der Waals surface area (Å²) in [6.07, 6.45) is 3.83. The molecule has 3 aromatic rings. The molecule has 0 bridgehead atoms. The minimum absolute atomic E-state index is 0.0832. The van der Waals surface area contributed by atoms with Gasteiger partial charge in [0, 0.05) is 30.0 Å². The van der Waals surface area contributed by atoms with Crippen LogP contribution < -0.4 is 5.43 Å². The maximum atomic E-state index is 14.5. The number of fused-ring (bicyclic) bond motifs is 1. The summed E-state index contributed by atoms with van der Waals surface area (Å²) in [5, 5.41) is 9.50. The maximum Gasteiger partial charge on any atom is 0.341 e. The van der Waals surface area contributed by atoms with Crippen LogP contribution in [0.5, 0.6) is 0 Å². The monoisotopic (exact) mass is 328 g/mol. The molecule has 0 unspecified atom stereocenters. The fourth-order valence-corrected chi connectivity index (χ4v) is 3.14. The van der Waals surface area contributed by atoms with Gasteiger partial charge < -0.3 is 14.2 Å². The van der Waals surface area contributed by atoms with Gasteiger partial charge in [-0.2, -0.15) is 0 Å². The van der Waals surface area contributed by atoms with E-state index >= 15 is 0 Å². The normalized spacial score (nSPS) is 11.1. The summed E-state index contributed by atoms with van der Waals surface area (Å²) in [6.45, 7) is 4.15. The summed E-state index contributed by atoms with van der Waals surface area (Å²) in [6, 6.07) is 6.29. The molecule has 0 radical (unpaired) electrons. The van der Waals surface area contributed by atoms with Crippen molar-refractivity contribution in [1.82, 2.24) is 9.13 Å². The Bertz CT molecular complexity index is 988. The number of hydrogen-bond acceptors (Lipinski definition) is 2. The number of carbonyl (C=O) groups is 1. The van der Waals surface area contributed by atoms with Crippen molar-refractivity contribution >= 4 is 16.9 Å². The Kier molecular flexibility index (Phi) is 3.97. The SMILES string of the molecule is CCc1c(C(=O)O)c(=O)c2cc(F)c(-n3cccc3)cc2n1CC. The molecule has 0 aliphatic carbocycles. The lowest BCUT2D eigenvalue weighted by atomic mass is 10.0. The van der Waals surface area contributed by atoms with Gasteiger partial charge in [-0.05, 0) is 37.6 Å². The van der Waals surface area contributed by atoms with Crippen molar-refractivity contribution in [1.29, 1.82) is 0 Å². The molecule has 0 spiro atoms. The van der Waals surface area contributed by atoms with Crippen molar-refractivity contribution in [3.05, 3.63) is 64.0 Å². The third kappa shape index (κ3) is 2.31. The fourth-order valence-electron chi connectivity index (χ4n) is 3.14. The van der Waals surface area contributed by atoms with Gasteiger partial charge in [0.1, 0.15) is 11.4 Å². The number of aromatic carboxylic acids is 1. The number of rotatable bonds is 4. The molecule has 0 atom stereocenters. The van der Waals surface area contributed by atoms with Gasteiger partial charge in [-0.1, -0.05) is 6.92 Å². The van der Waals surface area contributed by atoms with Crippen LogP contribution in [-0.4, -0.2) is 20.2 Å². The number of carboxylic acids is 1. The molecule has 24 heavy (non-hydrogen) atoms. The van der Waals surface area contributed by atoms with E-state index in [4.69, 9.17) is 0 Å². The van der Waals surface area contributed by atoms with Gasteiger partial charge in [-0.3, -0.25) is 4.79 Å². The topological polar surface area (TPSA) is 64.2 Å². The minimum atomic E-state index is -1.28. The second-order valence-corrected chi connectivity index (χ2v) is 5.46. The molecule has 3 rings (SSSR count). The van der Waals surface area contributed by atoms with E-state index in [-0.39, 0.29) is 10.9 Å². The number of benzene rings is 1. The summed E-state index contributed by atoms with van der Waals surface area (Å²) >= 11 is 0. The molecule has 0 saturated heterocycles. The van der Waals surface area contributed by atoms with E-state index in [9.17, 15) is 19.1 Å². The van der Waals surface area contributed by atoms with Gasteiger partial charge >= 0.3 is 5.97 Å². The van der Waals surface area contributed by atoms with Gasteiger partial charge in [0.05, 0.1) is 11.2 Å². The smallest absolute Gasteiger partial charge is 0.341 e. The highest BCUT2D eigenvalue weighted by Crippen LogP contribution is 2.23. The van der Waals surface area contributed by atoms with E-state index in [0.717, 1.165) is 6.07 Å². The van der Waals surface area contributed by atoms with Crippen LogP contribution >= 0.6 is 0 Å². The number of halogens is 1. The highest BCUT2D eigenvalue weighted by molar-refractivity contribution is 5.94. The molecule has 5 nitrogen and oxygen atoms in total. The Morgan fingerprint density at radius 3 is 2.42 bits per heavy atom. The molecule has 6 heteroatoms. The van der Waals surface area contributed by atoms with Crippen molar-refractivity contribution in [3.8, 4) is 5.69 Å². The van der Waals surface area contributed by atoms with Gasteiger partial charge in [0.2, 0.25) is 5.43 Å². The Balaban J connectivity index is 2.48. The lowest BCUT2D eigenvalue weighted by Gasteiger charge is -2.18. The molecule has 124 valence electrons. The molecular formula is C18H17FN2O3. The lowest BCUT2D eigenvalue weighted by molar-refractivity contribution is 0.0693. The molecular weight excluding hydrogens is 311 g/mol. The first kappa shape index (κ1) is 16.0. The summed E-state index contributed by atoms with van der Waals surface area (Å²) in [5.74, 6) is -1.85. The Morgan fingerprint density at radius 1 is 1.21 bits per heavy atom. The van der Waals surface area contributed by atoms with Crippen LogP contribution in [-0.2, 0) is 13.0 Å². The van der Waals surface area contributed by atoms with Crippen molar-refractivity contribution in [3.63, 3.8) is 0 Å². The van der Waals surface area contributed by atoms with E-state index in [1.54, 1.807) is 46.7 Å². The van der Waals surface area contributed by atoms with E-state index in [1.165, 1.54) is 0 Å². The summed E-state index contributed by atoms with van der Waals surface area (Å²) < 4.78 is 17.9. The van der Waals surface area contributed by atoms with Crippen LogP contribution in [0.2, 0.25) is 0 Å². The second kappa shape index (κ2) is 5.96. The maximum absolute atomic E-state index is 14.5. The summed E-state index contributed by atoms with van der Waals surface area (Å²) in [4.78, 5) is 24.1. The molecule has 0 amide bonds. The Morgan fingerprint density at radius 2 is 1.88 bits per heavy atom. The molecule has 1 N–H and O–H groups in total. The first-order chi connectivity index (χ1) is 11.5. The van der Waals surface area contributed by atoms with E-state index in [1.807, 2.05) is 6.92 Å². The molecule has 2 aromatic heterocycles. The van der Waals surface area contributed by atoms with E-state index in [2.05, 4.69) is 0 Å². The number of pyridine rings is 1. The van der Waals surface area contributed by atoms with Crippen LogP contribution in [0.3, 0.4) is 0 Å². The standard InChI is InChI=1S/C18H17FN2O3/c1-3-13-16(18(23)24)17(22)11-9-12(19)15(20-7-5-6-8-20)10-14(11)21(13)4-2/h5-10H,3-4H2,1-2H3,(H,23,24). The Labute approximate surface area is 137 Å². The molecule has 0 fully saturated rings. The quantitative estimate of drug-likeness (QED) is 0.800. The highest BCUT2D eigenvalue weighted by Gasteiger charge is 2.22. The van der Waals surface area contributed by atoms with Crippen LogP contribution in [0.25, 0.3) is 16.6 Å². The predicted molar refractivity (Wildman–Crippen MR) is 89.5 cm³/mol. The molecule has 1 aromatic carbocycles. The van der Waals surface area contributed by atoms with Crippen molar-refractivity contribution in [2.24, 2.45) is 0 Å². The van der Waals surface area contributed by atoms with Gasteiger partial charge in [-0.25, -0.2) is 9.18 Å². The largest absolute Gasteiger partial charge is 0.477 e. The number of aryl methyl sites for hydroxylation is 1. The number of aromatic nitrogens is 2. The zero-order chi connectivity index (χ0) is 17.4. The van der Waals surface area contributed by atoms with Gasteiger partial charge in [-0.15, -0.1) is 0 Å². The zero-order valence-electron chi connectivity index (χ0n) is 13.4. The minimum Gasteiger partial charge on any atom is -0.477 e.